The lowest BCUT2D eigenvalue weighted by atomic mass is 9.95. The second-order valence-electron chi connectivity index (χ2n) is 11.6. The number of methoxy groups -OCH3 is 4. The number of carbonyl (C=O) groups excluding carboxylic acids is 2. The van der Waals surface area contributed by atoms with Crippen LogP contribution in [0.5, 0.6) is 23.0 Å². The fourth-order valence-electron chi connectivity index (χ4n) is 5.93. The minimum atomic E-state index is -4.50. The van der Waals surface area contributed by atoms with E-state index >= 15 is 0 Å². The molecular weight excluding hydrogens is 693 g/mol. The minimum Gasteiger partial charge on any atom is -0.497 e. The molecule has 2 amide bonds. The zero-order chi connectivity index (χ0) is 35.7. The molecule has 3 aromatic carbocycles. The Hall–Kier alpha value is -3.87. The maximum atomic E-state index is 14.6. The maximum absolute atomic E-state index is 14.6. The summed E-state index contributed by atoms with van der Waals surface area (Å²) in [5, 5.41) is 3.73. The minimum absolute atomic E-state index is 0.0147. The third-order valence-corrected chi connectivity index (χ3v) is 11.1. The number of benzene rings is 3. The molecule has 1 atom stereocenters. The average molecular weight is 737 g/mol. The molecule has 0 aliphatic heterocycles. The number of nitrogens with zero attached hydrogens (tertiary/aromatic N) is 2. The van der Waals surface area contributed by atoms with Gasteiger partial charge in [-0.3, -0.25) is 13.9 Å². The Bertz CT molecular complexity index is 1710. The van der Waals surface area contributed by atoms with Gasteiger partial charge in [0.15, 0.2) is 11.5 Å². The van der Waals surface area contributed by atoms with Crippen molar-refractivity contribution < 1.29 is 37.0 Å². The summed E-state index contributed by atoms with van der Waals surface area (Å²) < 4.78 is 51.8. The van der Waals surface area contributed by atoms with Crippen LogP contribution >= 0.6 is 23.2 Å². The lowest BCUT2D eigenvalue weighted by Gasteiger charge is -2.35. The number of amides is 2. The summed E-state index contributed by atoms with van der Waals surface area (Å²) in [5.41, 5.74) is 0.469. The van der Waals surface area contributed by atoms with Crippen LogP contribution in [0.4, 0.5) is 5.69 Å². The zero-order valence-electron chi connectivity index (χ0n) is 28.3. The van der Waals surface area contributed by atoms with Crippen LogP contribution in [0.2, 0.25) is 10.0 Å². The third kappa shape index (κ3) is 8.84. The average Bonchev–Trinajstić information content (AvgIpc) is 3.11. The molecule has 0 bridgehead atoms. The van der Waals surface area contributed by atoms with E-state index in [1.807, 2.05) is 0 Å². The summed E-state index contributed by atoms with van der Waals surface area (Å²) >= 11 is 13.1. The van der Waals surface area contributed by atoms with Crippen molar-refractivity contribution in [3.8, 4) is 23.0 Å². The summed E-state index contributed by atoms with van der Waals surface area (Å²) in [6.45, 7) is 0.936. The van der Waals surface area contributed by atoms with Gasteiger partial charge in [-0.25, -0.2) is 8.42 Å². The molecule has 0 radical (unpaired) electrons. The quantitative estimate of drug-likeness (QED) is 0.188. The molecule has 11 nitrogen and oxygen atoms in total. The van der Waals surface area contributed by atoms with E-state index in [0.717, 1.165) is 36.4 Å². The Morgan fingerprint density at radius 1 is 0.857 bits per heavy atom. The predicted molar refractivity (Wildman–Crippen MR) is 190 cm³/mol. The fraction of sp³-hybridized carbons (Fsp3) is 0.429. The molecule has 0 aromatic heterocycles. The second kappa shape index (κ2) is 17.2. The Morgan fingerprint density at radius 2 is 1.49 bits per heavy atom. The highest BCUT2D eigenvalue weighted by Gasteiger charge is 2.36. The Morgan fingerprint density at radius 3 is 2.08 bits per heavy atom. The Kier molecular flexibility index (Phi) is 13.3. The molecule has 14 heteroatoms. The molecule has 0 saturated heterocycles. The molecule has 4 rings (SSSR count). The SMILES string of the molecule is CC[C@@H](C(=O)NC1CCCCC1)N(Cc1c(Cl)cccc1Cl)C(=O)CN(c1cc(OC)ccc1OC)S(=O)(=O)c1ccc(OC)c(OC)c1. The van der Waals surface area contributed by atoms with Crippen LogP contribution in [0.25, 0.3) is 0 Å². The molecule has 1 saturated carbocycles. The van der Waals surface area contributed by atoms with Gasteiger partial charge in [0, 0.05) is 40.3 Å². The topological polar surface area (TPSA) is 124 Å². The van der Waals surface area contributed by atoms with E-state index in [2.05, 4.69) is 5.32 Å². The van der Waals surface area contributed by atoms with Crippen molar-refractivity contribution in [2.45, 2.75) is 69.0 Å². The molecule has 1 aliphatic carbocycles. The summed E-state index contributed by atoms with van der Waals surface area (Å²) in [4.78, 5) is 29.7. The van der Waals surface area contributed by atoms with Crippen molar-refractivity contribution in [1.82, 2.24) is 10.2 Å². The first-order valence-electron chi connectivity index (χ1n) is 16.0. The van der Waals surface area contributed by atoms with Gasteiger partial charge in [0.25, 0.3) is 10.0 Å². The van der Waals surface area contributed by atoms with E-state index < -0.39 is 28.5 Å². The number of hydrogen-bond acceptors (Lipinski definition) is 8. The Labute approximate surface area is 298 Å². The summed E-state index contributed by atoms with van der Waals surface area (Å²) in [6.07, 6.45) is 5.06. The lowest BCUT2D eigenvalue weighted by Crippen LogP contribution is -2.54. The maximum Gasteiger partial charge on any atom is 0.265 e. The number of rotatable bonds is 15. The van der Waals surface area contributed by atoms with E-state index in [-0.39, 0.29) is 47.0 Å². The molecule has 1 N–H and O–H groups in total. The smallest absolute Gasteiger partial charge is 0.265 e. The third-order valence-electron chi connectivity index (χ3n) is 8.60. The van der Waals surface area contributed by atoms with Gasteiger partial charge in [-0.1, -0.05) is 55.5 Å². The van der Waals surface area contributed by atoms with Crippen LogP contribution in [0.1, 0.15) is 51.0 Å². The van der Waals surface area contributed by atoms with Crippen LogP contribution in [0.15, 0.2) is 59.5 Å². The van der Waals surface area contributed by atoms with E-state index in [9.17, 15) is 18.0 Å². The molecule has 1 aliphatic rings. The number of hydrogen-bond donors (Lipinski definition) is 1. The first-order valence-corrected chi connectivity index (χ1v) is 18.2. The van der Waals surface area contributed by atoms with Crippen LogP contribution < -0.4 is 28.6 Å². The van der Waals surface area contributed by atoms with E-state index in [1.54, 1.807) is 37.3 Å². The molecule has 0 spiro atoms. The van der Waals surface area contributed by atoms with Gasteiger partial charge in [0.1, 0.15) is 24.1 Å². The van der Waals surface area contributed by atoms with Crippen LogP contribution in [0, 0.1) is 0 Å². The van der Waals surface area contributed by atoms with E-state index in [1.165, 1.54) is 57.6 Å². The molecule has 0 heterocycles. The molecule has 0 unspecified atom stereocenters. The Balaban J connectivity index is 1.84. The van der Waals surface area contributed by atoms with Crippen molar-refractivity contribution in [3.63, 3.8) is 0 Å². The zero-order valence-corrected chi connectivity index (χ0v) is 30.7. The fourth-order valence-corrected chi connectivity index (χ4v) is 7.88. The van der Waals surface area contributed by atoms with Crippen molar-refractivity contribution in [2.75, 3.05) is 39.3 Å². The summed E-state index contributed by atoms with van der Waals surface area (Å²) in [6, 6.07) is 12.7. The van der Waals surface area contributed by atoms with Gasteiger partial charge < -0.3 is 29.2 Å². The number of nitrogens with one attached hydrogen (secondary N) is 1. The highest BCUT2D eigenvalue weighted by Crippen LogP contribution is 2.38. The van der Waals surface area contributed by atoms with E-state index in [4.69, 9.17) is 42.1 Å². The van der Waals surface area contributed by atoms with Gasteiger partial charge in [-0.05, 0) is 55.7 Å². The molecular formula is C35H43Cl2N3O8S. The van der Waals surface area contributed by atoms with Gasteiger partial charge in [0.05, 0.1) is 39.0 Å². The van der Waals surface area contributed by atoms with Crippen LogP contribution in [-0.2, 0) is 26.2 Å². The highest BCUT2D eigenvalue weighted by atomic mass is 35.5. The van der Waals surface area contributed by atoms with Gasteiger partial charge in [-0.15, -0.1) is 0 Å². The van der Waals surface area contributed by atoms with Crippen LogP contribution in [-0.4, -0.2) is 72.2 Å². The van der Waals surface area contributed by atoms with Gasteiger partial charge in [-0.2, -0.15) is 0 Å². The lowest BCUT2D eigenvalue weighted by molar-refractivity contribution is -0.140. The van der Waals surface area contributed by atoms with Gasteiger partial charge >= 0.3 is 0 Å². The number of carbonyl (C=O) groups is 2. The largest absolute Gasteiger partial charge is 0.497 e. The summed E-state index contributed by atoms with van der Waals surface area (Å²) in [7, 11) is 1.16. The van der Waals surface area contributed by atoms with Crippen LogP contribution in [0.3, 0.4) is 0 Å². The number of anilines is 1. The van der Waals surface area contributed by atoms with Crippen molar-refractivity contribution in [1.29, 1.82) is 0 Å². The first-order chi connectivity index (χ1) is 23.5. The molecule has 1 fully saturated rings. The number of sulfonamides is 1. The normalized spacial score (nSPS) is 14.0. The van der Waals surface area contributed by atoms with Crippen molar-refractivity contribution >= 4 is 50.7 Å². The highest BCUT2D eigenvalue weighted by molar-refractivity contribution is 7.92. The van der Waals surface area contributed by atoms with Crippen molar-refractivity contribution in [3.05, 3.63) is 70.2 Å². The second-order valence-corrected chi connectivity index (χ2v) is 14.2. The number of halogens is 2. The summed E-state index contributed by atoms with van der Waals surface area (Å²) in [5.74, 6) is -0.0163. The standard InChI is InChI=1S/C35H43Cl2N3O8S/c1-6-29(35(42)38-23-11-8-7-9-12-23)39(21-26-27(36)13-10-14-28(26)37)34(41)22-40(30-19-24(45-2)15-17-31(30)46-3)49(43,44)25-16-18-32(47-4)33(20-25)48-5/h10,13-20,23,29H,6-9,11-12,21-22H2,1-5H3,(H,38,42)/t29-/m0/s1. The number of ether oxygens (including phenoxy) is 4. The first kappa shape index (κ1) is 37.9. The monoisotopic (exact) mass is 735 g/mol. The molecule has 49 heavy (non-hydrogen) atoms. The van der Waals surface area contributed by atoms with E-state index in [0.29, 0.717) is 27.1 Å². The molecule has 3 aromatic rings. The molecule has 266 valence electrons. The van der Waals surface area contributed by atoms with Crippen molar-refractivity contribution in [2.24, 2.45) is 0 Å². The predicted octanol–water partition coefficient (Wildman–Crippen LogP) is 6.48. The van der Waals surface area contributed by atoms with Gasteiger partial charge in [0.2, 0.25) is 11.8 Å².